The lowest BCUT2D eigenvalue weighted by atomic mass is 10.1. The van der Waals surface area contributed by atoms with Crippen molar-refractivity contribution >= 4 is 25.7 Å². The van der Waals surface area contributed by atoms with E-state index in [-0.39, 0.29) is 25.9 Å². The molecule has 0 aromatic rings. The molecule has 11 nitrogen and oxygen atoms in total. The molecule has 0 saturated heterocycles. The number of phosphoric acid groups is 1. The third-order valence-corrected chi connectivity index (χ3v) is 14.3. The molecule has 0 aliphatic heterocycles. The summed E-state index contributed by atoms with van der Waals surface area (Å²) in [7, 11) is -4.74. The van der Waals surface area contributed by atoms with Crippen LogP contribution >= 0.6 is 7.82 Å². The van der Waals surface area contributed by atoms with E-state index >= 15 is 0 Å². The summed E-state index contributed by atoms with van der Waals surface area (Å²) in [5, 5.41) is 9.80. The second kappa shape index (κ2) is 55.2. The number of hydrogen-bond acceptors (Lipinski definition) is 10. The van der Waals surface area contributed by atoms with Crippen LogP contribution in [0.2, 0.25) is 0 Å². The molecule has 72 heavy (non-hydrogen) atoms. The van der Waals surface area contributed by atoms with Crippen LogP contribution < -0.4 is 0 Å². The van der Waals surface area contributed by atoms with Gasteiger partial charge in [-0.2, -0.15) is 0 Å². The molecule has 3 unspecified atom stereocenters. The first kappa shape index (κ1) is 70.0. The quantitative estimate of drug-likeness (QED) is 0.0197. The predicted molar refractivity (Wildman–Crippen MR) is 298 cm³/mol. The number of carbonyl (C=O) groups excluding carboxylic acids is 3. The highest BCUT2D eigenvalue weighted by Crippen LogP contribution is 2.43. The standard InChI is InChI=1S/C60H113O11P/c1-4-7-10-13-16-19-22-24-26-27-28-29-31-33-36-39-42-45-48-51-60(64)71-57(53-67-58(62)49-46-43-40-37-35-32-30-25-23-20-17-14-11-8-5-2)55-69-72(65,66)68-54-56(52-61)70-59(63)50-47-44-41-38-34-21-18-15-12-9-6-3/h24-26,30,56-57,61H,4-23,27-29,31-55H2,1-3H3,(H,65,66)/b26-24-,30-25-. The van der Waals surface area contributed by atoms with E-state index in [9.17, 15) is 28.9 Å². The molecule has 0 spiro atoms. The predicted octanol–water partition coefficient (Wildman–Crippen LogP) is 17.8. The van der Waals surface area contributed by atoms with Crippen LogP contribution in [0.1, 0.15) is 303 Å². The molecule has 0 heterocycles. The topological polar surface area (TPSA) is 155 Å². The minimum Gasteiger partial charge on any atom is -0.462 e. The van der Waals surface area contributed by atoms with Crippen LogP contribution in [0.15, 0.2) is 24.3 Å². The van der Waals surface area contributed by atoms with E-state index in [2.05, 4.69) is 45.1 Å². The lowest BCUT2D eigenvalue weighted by Crippen LogP contribution is -2.30. The highest BCUT2D eigenvalue weighted by atomic mass is 31.2. The average Bonchev–Trinajstić information content (AvgIpc) is 3.37. The maximum atomic E-state index is 12.9. The summed E-state index contributed by atoms with van der Waals surface area (Å²) >= 11 is 0. The van der Waals surface area contributed by atoms with Crippen molar-refractivity contribution in [3.05, 3.63) is 24.3 Å². The van der Waals surface area contributed by atoms with Crippen LogP contribution in [0.4, 0.5) is 0 Å². The van der Waals surface area contributed by atoms with E-state index in [1.54, 1.807) is 0 Å². The molecule has 0 aromatic carbocycles. The fourth-order valence-corrected chi connectivity index (χ4v) is 9.48. The maximum absolute atomic E-state index is 12.9. The molecule has 0 aliphatic rings. The number of hydrogen-bond donors (Lipinski definition) is 2. The Kier molecular flexibility index (Phi) is 53.6. The minimum absolute atomic E-state index is 0.168. The second-order valence-electron chi connectivity index (χ2n) is 20.5. The molecule has 0 amide bonds. The van der Waals surface area contributed by atoms with Gasteiger partial charge in [-0.1, -0.05) is 238 Å². The van der Waals surface area contributed by atoms with Crippen molar-refractivity contribution < 1.29 is 52.2 Å². The molecule has 0 radical (unpaired) electrons. The maximum Gasteiger partial charge on any atom is 0.472 e. The van der Waals surface area contributed by atoms with Gasteiger partial charge >= 0.3 is 25.7 Å². The molecule has 0 saturated carbocycles. The Labute approximate surface area is 442 Å². The zero-order valence-corrected chi connectivity index (χ0v) is 47.8. The number of aliphatic hydroxyl groups excluding tert-OH is 1. The fourth-order valence-electron chi connectivity index (χ4n) is 8.70. The van der Waals surface area contributed by atoms with Crippen LogP contribution in [0.5, 0.6) is 0 Å². The monoisotopic (exact) mass is 1040 g/mol. The molecule has 12 heteroatoms. The Morgan fingerprint density at radius 1 is 0.375 bits per heavy atom. The SMILES string of the molecule is CCCCCCCC/C=C\CCCCCCCCCCCC(=O)OC(COC(=O)CCCCCCC/C=C\CCCCCCCC)COP(=O)(O)OCC(CO)OC(=O)CCCCCCCCCCCCC. The van der Waals surface area contributed by atoms with Crippen LogP contribution in [-0.4, -0.2) is 66.5 Å². The lowest BCUT2D eigenvalue weighted by Gasteiger charge is -2.21. The Morgan fingerprint density at radius 3 is 0.958 bits per heavy atom. The first-order valence-corrected chi connectivity index (χ1v) is 31.7. The molecule has 0 fully saturated rings. The van der Waals surface area contributed by atoms with Gasteiger partial charge in [-0.05, 0) is 70.6 Å². The van der Waals surface area contributed by atoms with Crippen LogP contribution in [0, 0.1) is 0 Å². The highest BCUT2D eigenvalue weighted by molar-refractivity contribution is 7.47. The van der Waals surface area contributed by atoms with Crippen molar-refractivity contribution in [1.82, 2.24) is 0 Å². The number of carbonyl (C=O) groups is 3. The summed E-state index contributed by atoms with van der Waals surface area (Å²) in [6, 6.07) is 0. The molecule has 0 aliphatic carbocycles. The Balaban J connectivity index is 4.69. The van der Waals surface area contributed by atoms with Crippen molar-refractivity contribution in [3.63, 3.8) is 0 Å². The molecule has 424 valence electrons. The van der Waals surface area contributed by atoms with Crippen molar-refractivity contribution in [2.24, 2.45) is 0 Å². The van der Waals surface area contributed by atoms with Crippen LogP contribution in [0.3, 0.4) is 0 Å². The van der Waals surface area contributed by atoms with Crippen molar-refractivity contribution in [3.8, 4) is 0 Å². The number of aliphatic hydroxyl groups is 1. The number of ether oxygens (including phenoxy) is 3. The number of esters is 3. The molecular formula is C60H113O11P. The third kappa shape index (κ3) is 52.8. The van der Waals surface area contributed by atoms with Gasteiger partial charge in [-0.3, -0.25) is 23.4 Å². The van der Waals surface area contributed by atoms with Gasteiger partial charge < -0.3 is 24.2 Å². The molecule has 0 aromatic heterocycles. The Morgan fingerprint density at radius 2 is 0.639 bits per heavy atom. The second-order valence-corrected chi connectivity index (χ2v) is 22.0. The van der Waals surface area contributed by atoms with Gasteiger partial charge in [0.2, 0.25) is 0 Å². The van der Waals surface area contributed by atoms with E-state index < -0.39 is 57.8 Å². The van der Waals surface area contributed by atoms with Crippen molar-refractivity contribution in [2.45, 2.75) is 315 Å². The van der Waals surface area contributed by atoms with E-state index in [1.807, 2.05) is 0 Å². The normalized spacial score (nSPS) is 13.5. The Bertz CT molecular complexity index is 1310. The average molecular weight is 1040 g/mol. The summed E-state index contributed by atoms with van der Waals surface area (Å²) < 4.78 is 39.5. The van der Waals surface area contributed by atoms with Gasteiger partial charge in [-0.15, -0.1) is 0 Å². The lowest BCUT2D eigenvalue weighted by molar-refractivity contribution is -0.161. The van der Waals surface area contributed by atoms with Gasteiger partial charge in [0.25, 0.3) is 0 Å². The van der Waals surface area contributed by atoms with Gasteiger partial charge in [-0.25, -0.2) is 4.57 Å². The smallest absolute Gasteiger partial charge is 0.462 e. The zero-order chi connectivity index (χ0) is 52.7. The largest absolute Gasteiger partial charge is 0.472 e. The highest BCUT2D eigenvalue weighted by Gasteiger charge is 2.28. The molecule has 0 rings (SSSR count). The van der Waals surface area contributed by atoms with Gasteiger partial charge in [0.1, 0.15) is 12.7 Å². The van der Waals surface area contributed by atoms with Gasteiger partial charge in [0.15, 0.2) is 6.10 Å². The first-order chi connectivity index (χ1) is 35.2. The number of rotatable bonds is 57. The van der Waals surface area contributed by atoms with Crippen LogP contribution in [-0.2, 0) is 42.2 Å². The van der Waals surface area contributed by atoms with Crippen LogP contribution in [0.25, 0.3) is 0 Å². The van der Waals surface area contributed by atoms with Crippen molar-refractivity contribution in [2.75, 3.05) is 26.4 Å². The van der Waals surface area contributed by atoms with E-state index in [0.29, 0.717) is 19.3 Å². The summed E-state index contributed by atoms with van der Waals surface area (Å²) in [4.78, 5) is 48.5. The number of allylic oxidation sites excluding steroid dienone is 4. The van der Waals surface area contributed by atoms with E-state index in [4.69, 9.17) is 23.3 Å². The third-order valence-electron chi connectivity index (χ3n) is 13.3. The molecule has 3 atom stereocenters. The number of unbranched alkanes of at least 4 members (excludes halogenated alkanes) is 36. The Hall–Kier alpha value is -2.04. The summed E-state index contributed by atoms with van der Waals surface area (Å²) in [5.74, 6) is -1.45. The van der Waals surface area contributed by atoms with Crippen molar-refractivity contribution in [1.29, 1.82) is 0 Å². The summed E-state index contributed by atoms with van der Waals surface area (Å²) in [6.45, 7) is 4.67. The summed E-state index contributed by atoms with van der Waals surface area (Å²) in [5.41, 5.74) is 0. The molecular weight excluding hydrogens is 928 g/mol. The number of phosphoric ester groups is 1. The molecule has 2 N–H and O–H groups in total. The zero-order valence-electron chi connectivity index (χ0n) is 46.9. The summed E-state index contributed by atoms with van der Waals surface area (Å²) in [6.07, 6.45) is 55.6. The van der Waals surface area contributed by atoms with Gasteiger partial charge in [0.05, 0.1) is 19.8 Å². The van der Waals surface area contributed by atoms with Gasteiger partial charge in [0, 0.05) is 19.3 Å². The fraction of sp³-hybridized carbons (Fsp3) is 0.883. The molecule has 0 bridgehead atoms. The van der Waals surface area contributed by atoms with E-state index in [1.165, 1.54) is 167 Å². The van der Waals surface area contributed by atoms with E-state index in [0.717, 1.165) is 77.0 Å². The first-order valence-electron chi connectivity index (χ1n) is 30.2. The minimum atomic E-state index is -4.74.